The summed E-state index contributed by atoms with van der Waals surface area (Å²) >= 11 is 0. The van der Waals surface area contributed by atoms with Gasteiger partial charge in [0.25, 0.3) is 0 Å². The van der Waals surface area contributed by atoms with Gasteiger partial charge >= 0.3 is 5.97 Å². The average molecular weight is 651 g/mol. The van der Waals surface area contributed by atoms with E-state index in [1.807, 2.05) is 55.5 Å². The first kappa shape index (κ1) is 34.4. The molecule has 254 valence electrons. The molecule has 1 N–H and O–H groups in total. The maximum absolute atomic E-state index is 14.3. The molecule has 47 heavy (non-hydrogen) atoms. The number of ether oxygens (including phenoxy) is 6. The van der Waals surface area contributed by atoms with E-state index in [4.69, 9.17) is 28.4 Å². The molecule has 3 aliphatic rings. The fourth-order valence-electron chi connectivity index (χ4n) is 6.45. The number of esters is 1. The molecular weight excluding hydrogens is 604 g/mol. The third-order valence-corrected chi connectivity index (χ3v) is 8.93. The number of carbonyl (C=O) groups is 3. The van der Waals surface area contributed by atoms with Crippen LogP contribution in [0.3, 0.4) is 0 Å². The van der Waals surface area contributed by atoms with Gasteiger partial charge in [-0.3, -0.25) is 14.4 Å². The van der Waals surface area contributed by atoms with Crippen LogP contribution in [-0.4, -0.2) is 75.2 Å². The van der Waals surface area contributed by atoms with Gasteiger partial charge in [-0.1, -0.05) is 49.7 Å². The standard InChI is InChI=1S/C36H46N2O9/c1-4-5-15-43-16-9-14-37-33(39)18-28-20-36(35(41)42-3)25(2)47-29(23-44-22-26-10-7-6-8-11-26)19-32(36)38(34(28)40)21-27-12-13-30-31(17-27)46-24-45-30/h6-8,10-13,17,19,25,28-29H,4-5,9,14-16,18,20-24H2,1-3H3,(H,37,39)/t25-,28+,29-,36+/m1/s1. The Balaban J connectivity index is 1.38. The number of likely N-dealkylation sites (tertiary alicyclic amines) is 1. The summed E-state index contributed by atoms with van der Waals surface area (Å²) in [4.78, 5) is 42.8. The van der Waals surface area contributed by atoms with Crippen LogP contribution in [0.25, 0.3) is 0 Å². The molecule has 1 fully saturated rings. The van der Waals surface area contributed by atoms with E-state index >= 15 is 0 Å². The van der Waals surface area contributed by atoms with Crippen LogP contribution >= 0.6 is 0 Å². The number of amides is 2. The Morgan fingerprint density at radius 3 is 2.60 bits per heavy atom. The van der Waals surface area contributed by atoms with Gasteiger partial charge in [-0.2, -0.15) is 0 Å². The van der Waals surface area contributed by atoms with Crippen LogP contribution in [0.4, 0.5) is 0 Å². The van der Waals surface area contributed by atoms with E-state index in [9.17, 15) is 14.4 Å². The first-order valence-corrected chi connectivity index (χ1v) is 16.5. The Bertz CT molecular complexity index is 1410. The van der Waals surface area contributed by atoms with Crippen molar-refractivity contribution in [1.82, 2.24) is 10.2 Å². The molecule has 0 aliphatic carbocycles. The molecule has 0 aromatic heterocycles. The minimum absolute atomic E-state index is 0.0739. The van der Waals surface area contributed by atoms with E-state index in [-0.39, 0.29) is 44.6 Å². The third kappa shape index (κ3) is 8.14. The van der Waals surface area contributed by atoms with Crippen molar-refractivity contribution < 1.29 is 42.8 Å². The van der Waals surface area contributed by atoms with Crippen molar-refractivity contribution in [3.63, 3.8) is 0 Å². The minimum atomic E-state index is -1.31. The number of fused-ring (bicyclic) bond motifs is 2. The lowest BCUT2D eigenvalue weighted by Gasteiger charge is -2.51. The summed E-state index contributed by atoms with van der Waals surface area (Å²) in [6, 6.07) is 15.3. The topological polar surface area (TPSA) is 122 Å². The second-order valence-electron chi connectivity index (χ2n) is 12.2. The monoisotopic (exact) mass is 650 g/mol. The van der Waals surface area contributed by atoms with Gasteiger partial charge in [0.15, 0.2) is 11.5 Å². The molecule has 3 heterocycles. The molecule has 5 rings (SSSR count). The van der Waals surface area contributed by atoms with Crippen molar-refractivity contribution in [2.75, 3.05) is 40.3 Å². The van der Waals surface area contributed by atoms with Crippen LogP contribution in [0.15, 0.2) is 60.3 Å². The minimum Gasteiger partial charge on any atom is -0.468 e. The predicted octanol–water partition coefficient (Wildman–Crippen LogP) is 4.52. The molecule has 0 saturated carbocycles. The number of piperidine rings is 1. The molecule has 2 aromatic carbocycles. The van der Waals surface area contributed by atoms with Crippen molar-refractivity contribution in [1.29, 1.82) is 0 Å². The van der Waals surface area contributed by atoms with E-state index < -0.39 is 29.5 Å². The van der Waals surface area contributed by atoms with Crippen molar-refractivity contribution in [3.8, 4) is 11.5 Å². The van der Waals surface area contributed by atoms with Crippen LogP contribution in [0.5, 0.6) is 11.5 Å². The van der Waals surface area contributed by atoms with Gasteiger partial charge in [0.1, 0.15) is 11.5 Å². The van der Waals surface area contributed by atoms with Crippen LogP contribution < -0.4 is 14.8 Å². The number of carbonyl (C=O) groups excluding carboxylic acids is 3. The summed E-state index contributed by atoms with van der Waals surface area (Å²) in [6.45, 7) is 6.50. The summed E-state index contributed by atoms with van der Waals surface area (Å²) in [5.74, 6) is -0.589. The van der Waals surface area contributed by atoms with E-state index in [1.54, 1.807) is 11.0 Å². The molecule has 4 atom stereocenters. The fraction of sp³-hybridized carbons (Fsp3) is 0.528. The molecule has 1 saturated heterocycles. The maximum Gasteiger partial charge on any atom is 0.320 e. The second kappa shape index (κ2) is 16.3. The van der Waals surface area contributed by atoms with Crippen LogP contribution in [-0.2, 0) is 46.5 Å². The Kier molecular flexibility index (Phi) is 11.9. The van der Waals surface area contributed by atoms with Gasteiger partial charge in [-0.05, 0) is 55.5 Å². The average Bonchev–Trinajstić information content (AvgIpc) is 3.55. The SMILES string of the molecule is CCCCOCCCNC(=O)C[C@H]1C[C@@]2(C(=O)OC)C(=C[C@H](COCc3ccccc3)O[C@@H]2C)N(Cc2ccc3c(c2)OCO3)C1=O. The van der Waals surface area contributed by atoms with E-state index in [2.05, 4.69) is 12.2 Å². The summed E-state index contributed by atoms with van der Waals surface area (Å²) in [6.07, 6.45) is 3.36. The second-order valence-corrected chi connectivity index (χ2v) is 12.2. The zero-order chi connectivity index (χ0) is 33.2. The van der Waals surface area contributed by atoms with Gasteiger partial charge < -0.3 is 38.6 Å². The Morgan fingerprint density at radius 2 is 1.81 bits per heavy atom. The summed E-state index contributed by atoms with van der Waals surface area (Å²) in [5.41, 5.74) is 0.995. The normalized spacial score (nSPS) is 23.2. The maximum atomic E-state index is 14.3. The third-order valence-electron chi connectivity index (χ3n) is 8.93. The molecule has 2 amide bonds. The number of hydrogen-bond acceptors (Lipinski definition) is 9. The quantitative estimate of drug-likeness (QED) is 0.206. The predicted molar refractivity (Wildman–Crippen MR) is 172 cm³/mol. The van der Waals surface area contributed by atoms with Gasteiger partial charge in [0.2, 0.25) is 18.6 Å². The number of benzene rings is 2. The van der Waals surface area contributed by atoms with E-state index in [1.165, 1.54) is 7.11 Å². The Hall–Kier alpha value is -3.93. The van der Waals surface area contributed by atoms with Gasteiger partial charge in [-0.25, -0.2) is 0 Å². The number of hydrogen-bond donors (Lipinski definition) is 1. The highest BCUT2D eigenvalue weighted by molar-refractivity contribution is 5.92. The molecular formula is C36H46N2O9. The lowest BCUT2D eigenvalue weighted by molar-refractivity contribution is -0.178. The number of nitrogens with zero attached hydrogens (tertiary/aromatic N) is 1. The van der Waals surface area contributed by atoms with E-state index in [0.717, 1.165) is 24.0 Å². The summed E-state index contributed by atoms with van der Waals surface area (Å²) < 4.78 is 34.4. The molecule has 3 aliphatic heterocycles. The Morgan fingerprint density at radius 1 is 1.02 bits per heavy atom. The van der Waals surface area contributed by atoms with Gasteiger partial charge in [0, 0.05) is 37.8 Å². The number of methoxy groups -OCH3 is 1. The molecule has 11 nitrogen and oxygen atoms in total. The lowest BCUT2D eigenvalue weighted by atomic mass is 9.66. The summed E-state index contributed by atoms with van der Waals surface area (Å²) in [5, 5.41) is 2.92. The smallest absolute Gasteiger partial charge is 0.320 e. The van der Waals surface area contributed by atoms with Crippen molar-refractivity contribution in [3.05, 3.63) is 71.4 Å². The highest BCUT2D eigenvalue weighted by Crippen LogP contribution is 2.51. The van der Waals surface area contributed by atoms with Crippen LogP contribution in [0.2, 0.25) is 0 Å². The van der Waals surface area contributed by atoms with E-state index in [0.29, 0.717) is 50.0 Å². The van der Waals surface area contributed by atoms with Crippen LogP contribution in [0, 0.1) is 11.3 Å². The summed E-state index contributed by atoms with van der Waals surface area (Å²) in [7, 11) is 1.33. The zero-order valence-electron chi connectivity index (χ0n) is 27.5. The fourth-order valence-corrected chi connectivity index (χ4v) is 6.45. The van der Waals surface area contributed by atoms with Crippen molar-refractivity contribution in [2.24, 2.45) is 11.3 Å². The molecule has 0 bridgehead atoms. The largest absolute Gasteiger partial charge is 0.468 e. The number of rotatable bonds is 16. The Labute approximate surface area is 276 Å². The van der Waals surface area contributed by atoms with Gasteiger partial charge in [-0.15, -0.1) is 0 Å². The first-order valence-electron chi connectivity index (χ1n) is 16.5. The molecule has 0 unspecified atom stereocenters. The zero-order valence-corrected chi connectivity index (χ0v) is 27.5. The van der Waals surface area contributed by atoms with Gasteiger partial charge in [0.05, 0.1) is 33.0 Å². The van der Waals surface area contributed by atoms with Crippen molar-refractivity contribution in [2.45, 2.75) is 71.3 Å². The highest BCUT2D eigenvalue weighted by atomic mass is 16.7. The molecule has 2 aromatic rings. The van der Waals surface area contributed by atoms with Crippen molar-refractivity contribution >= 4 is 17.8 Å². The molecule has 0 spiro atoms. The first-order chi connectivity index (χ1) is 22.8. The molecule has 0 radical (unpaired) electrons. The number of unbranched alkanes of at least 4 members (excludes halogenated alkanes) is 1. The number of nitrogens with one attached hydrogen (secondary N) is 1. The van der Waals surface area contributed by atoms with Crippen LogP contribution in [0.1, 0.15) is 57.1 Å². The lowest BCUT2D eigenvalue weighted by Crippen LogP contribution is -2.60. The highest BCUT2D eigenvalue weighted by Gasteiger charge is 2.59. The molecule has 11 heteroatoms.